The summed E-state index contributed by atoms with van der Waals surface area (Å²) in [6.45, 7) is 3.21. The molecule has 2 aliphatic heterocycles. The highest BCUT2D eigenvalue weighted by atomic mass is 16.7. The summed E-state index contributed by atoms with van der Waals surface area (Å²) in [6, 6.07) is 4.19. The van der Waals surface area contributed by atoms with Crippen LogP contribution >= 0.6 is 0 Å². The lowest BCUT2D eigenvalue weighted by atomic mass is 9.91. The molecule has 1 aromatic carbocycles. The van der Waals surface area contributed by atoms with Crippen LogP contribution in [0.2, 0.25) is 0 Å². The van der Waals surface area contributed by atoms with Gasteiger partial charge in [0.2, 0.25) is 0 Å². The Labute approximate surface area is 114 Å². The molecule has 1 atom stereocenters. The quantitative estimate of drug-likeness (QED) is 0.906. The average Bonchev–Trinajstić information content (AvgIpc) is 2.47. The Kier molecular flexibility index (Phi) is 3.89. The van der Waals surface area contributed by atoms with E-state index in [1.54, 1.807) is 7.11 Å². The molecule has 4 heteroatoms. The van der Waals surface area contributed by atoms with Crippen LogP contribution in [0.3, 0.4) is 0 Å². The number of methoxy groups -OCH3 is 1. The van der Waals surface area contributed by atoms with Crippen molar-refractivity contribution in [2.24, 2.45) is 5.92 Å². The summed E-state index contributed by atoms with van der Waals surface area (Å²) in [7, 11) is 1.73. The fraction of sp³-hybridized carbons (Fsp3) is 0.600. The van der Waals surface area contributed by atoms with Crippen molar-refractivity contribution in [2.75, 3.05) is 27.0 Å². The van der Waals surface area contributed by atoms with Gasteiger partial charge in [-0.25, -0.2) is 0 Å². The van der Waals surface area contributed by atoms with Gasteiger partial charge in [-0.3, -0.25) is 0 Å². The van der Waals surface area contributed by atoms with Gasteiger partial charge >= 0.3 is 0 Å². The third kappa shape index (κ3) is 2.85. The maximum Gasteiger partial charge on any atom is 0.189 e. The standard InChI is InChI=1S/C15H21NO3/c1-17-14-7-13-9-18-10-19-15(13)6-12(14)5-11-3-2-4-16-8-11/h6-7,11,16H,2-5,8-10H2,1H3. The van der Waals surface area contributed by atoms with Crippen molar-refractivity contribution in [2.45, 2.75) is 25.9 Å². The van der Waals surface area contributed by atoms with Crippen LogP contribution < -0.4 is 14.8 Å². The molecule has 2 aliphatic rings. The largest absolute Gasteiger partial charge is 0.496 e. The average molecular weight is 263 g/mol. The summed E-state index contributed by atoms with van der Waals surface area (Å²) < 4.78 is 16.4. The second kappa shape index (κ2) is 5.80. The fourth-order valence-electron chi connectivity index (χ4n) is 2.91. The van der Waals surface area contributed by atoms with Crippen LogP contribution in [0.1, 0.15) is 24.0 Å². The molecule has 0 spiro atoms. The van der Waals surface area contributed by atoms with Crippen molar-refractivity contribution >= 4 is 0 Å². The molecular weight excluding hydrogens is 242 g/mol. The minimum atomic E-state index is 0.351. The van der Waals surface area contributed by atoms with E-state index in [1.807, 2.05) is 0 Å². The lowest BCUT2D eigenvalue weighted by Crippen LogP contribution is -2.31. The van der Waals surface area contributed by atoms with Crippen molar-refractivity contribution in [1.82, 2.24) is 5.32 Å². The summed E-state index contributed by atoms with van der Waals surface area (Å²) >= 11 is 0. The first-order valence-electron chi connectivity index (χ1n) is 6.98. The molecule has 1 fully saturated rings. The Bertz CT molecular complexity index is 441. The Balaban J connectivity index is 1.82. The Hall–Kier alpha value is -1.26. The molecule has 3 rings (SSSR count). The highest BCUT2D eigenvalue weighted by Gasteiger charge is 2.19. The third-order valence-corrected chi connectivity index (χ3v) is 3.93. The Morgan fingerprint density at radius 3 is 3.16 bits per heavy atom. The molecular formula is C15H21NO3. The van der Waals surface area contributed by atoms with E-state index in [2.05, 4.69) is 17.4 Å². The van der Waals surface area contributed by atoms with E-state index in [4.69, 9.17) is 14.2 Å². The van der Waals surface area contributed by atoms with E-state index in [1.165, 1.54) is 18.4 Å². The molecule has 0 aromatic heterocycles. The number of nitrogens with one attached hydrogen (secondary N) is 1. The second-order valence-electron chi connectivity index (χ2n) is 5.30. The number of hydrogen-bond donors (Lipinski definition) is 1. The van der Waals surface area contributed by atoms with Crippen LogP contribution in [0.4, 0.5) is 0 Å². The summed E-state index contributed by atoms with van der Waals surface area (Å²) in [5.41, 5.74) is 2.32. The normalized spacial score (nSPS) is 22.5. The molecule has 0 aliphatic carbocycles. The van der Waals surface area contributed by atoms with E-state index in [0.29, 0.717) is 19.3 Å². The number of piperidine rings is 1. The molecule has 1 saturated heterocycles. The summed E-state index contributed by atoms with van der Waals surface area (Å²) in [5.74, 6) is 2.60. The lowest BCUT2D eigenvalue weighted by molar-refractivity contribution is -0.0165. The van der Waals surface area contributed by atoms with Crippen LogP contribution in [0.15, 0.2) is 12.1 Å². The van der Waals surface area contributed by atoms with Crippen LogP contribution in [-0.4, -0.2) is 27.0 Å². The van der Waals surface area contributed by atoms with Crippen molar-refractivity contribution in [1.29, 1.82) is 0 Å². The number of fused-ring (bicyclic) bond motifs is 1. The third-order valence-electron chi connectivity index (χ3n) is 3.93. The monoisotopic (exact) mass is 263 g/mol. The minimum Gasteiger partial charge on any atom is -0.496 e. The van der Waals surface area contributed by atoms with Gasteiger partial charge in [0.05, 0.1) is 13.7 Å². The summed E-state index contributed by atoms with van der Waals surface area (Å²) in [6.07, 6.45) is 3.60. The lowest BCUT2D eigenvalue weighted by Gasteiger charge is -2.25. The number of rotatable bonds is 3. The maximum atomic E-state index is 5.56. The number of hydrogen-bond acceptors (Lipinski definition) is 4. The van der Waals surface area contributed by atoms with Gasteiger partial charge < -0.3 is 19.5 Å². The molecule has 2 heterocycles. The zero-order valence-corrected chi connectivity index (χ0v) is 11.4. The van der Waals surface area contributed by atoms with Gasteiger partial charge in [0.25, 0.3) is 0 Å². The van der Waals surface area contributed by atoms with Gasteiger partial charge in [0, 0.05) is 5.56 Å². The molecule has 0 radical (unpaired) electrons. The van der Waals surface area contributed by atoms with E-state index in [9.17, 15) is 0 Å². The zero-order valence-electron chi connectivity index (χ0n) is 11.4. The van der Waals surface area contributed by atoms with Crippen molar-refractivity contribution < 1.29 is 14.2 Å². The van der Waals surface area contributed by atoms with Gasteiger partial charge in [0.1, 0.15) is 11.5 Å². The highest BCUT2D eigenvalue weighted by Crippen LogP contribution is 2.33. The molecule has 104 valence electrons. The zero-order chi connectivity index (χ0) is 13.1. The van der Waals surface area contributed by atoms with E-state index in [-0.39, 0.29) is 0 Å². The van der Waals surface area contributed by atoms with Gasteiger partial charge in [-0.2, -0.15) is 0 Å². The van der Waals surface area contributed by atoms with Gasteiger partial charge in [-0.1, -0.05) is 0 Å². The van der Waals surface area contributed by atoms with E-state index >= 15 is 0 Å². The van der Waals surface area contributed by atoms with Crippen LogP contribution in [-0.2, 0) is 17.8 Å². The number of benzene rings is 1. The van der Waals surface area contributed by atoms with Crippen LogP contribution in [0, 0.1) is 5.92 Å². The molecule has 4 nitrogen and oxygen atoms in total. The molecule has 1 unspecified atom stereocenters. The fourth-order valence-corrected chi connectivity index (χ4v) is 2.91. The summed E-state index contributed by atoms with van der Waals surface area (Å²) in [4.78, 5) is 0. The molecule has 0 bridgehead atoms. The molecule has 1 N–H and O–H groups in total. The van der Waals surface area contributed by atoms with Crippen molar-refractivity contribution in [3.63, 3.8) is 0 Å². The smallest absolute Gasteiger partial charge is 0.189 e. The predicted molar refractivity (Wildman–Crippen MR) is 72.6 cm³/mol. The highest BCUT2D eigenvalue weighted by molar-refractivity contribution is 5.47. The predicted octanol–water partition coefficient (Wildman–Crippen LogP) is 2.10. The topological polar surface area (TPSA) is 39.7 Å². The maximum absolute atomic E-state index is 5.56. The second-order valence-corrected chi connectivity index (χ2v) is 5.30. The van der Waals surface area contributed by atoms with Crippen molar-refractivity contribution in [3.05, 3.63) is 23.3 Å². The van der Waals surface area contributed by atoms with Gasteiger partial charge in [0.15, 0.2) is 6.79 Å². The van der Waals surface area contributed by atoms with E-state index in [0.717, 1.165) is 36.6 Å². The number of ether oxygens (including phenoxy) is 3. The first-order valence-corrected chi connectivity index (χ1v) is 6.98. The SMILES string of the molecule is COc1cc2c(cc1CC1CCCNC1)OCOC2. The van der Waals surface area contributed by atoms with Crippen LogP contribution in [0.25, 0.3) is 0 Å². The molecule has 1 aromatic rings. The van der Waals surface area contributed by atoms with Crippen molar-refractivity contribution in [3.8, 4) is 11.5 Å². The summed E-state index contributed by atoms with van der Waals surface area (Å²) in [5, 5.41) is 3.46. The Morgan fingerprint density at radius 1 is 1.42 bits per heavy atom. The first-order chi connectivity index (χ1) is 9.36. The Morgan fingerprint density at radius 2 is 2.37 bits per heavy atom. The first kappa shape index (κ1) is 12.8. The molecule has 0 saturated carbocycles. The molecule has 19 heavy (non-hydrogen) atoms. The van der Waals surface area contributed by atoms with Gasteiger partial charge in [-0.05, 0) is 56.0 Å². The van der Waals surface area contributed by atoms with E-state index < -0.39 is 0 Å². The van der Waals surface area contributed by atoms with Gasteiger partial charge in [-0.15, -0.1) is 0 Å². The minimum absolute atomic E-state index is 0.351. The van der Waals surface area contributed by atoms with Crippen LogP contribution in [0.5, 0.6) is 11.5 Å². The molecule has 0 amide bonds.